The summed E-state index contributed by atoms with van der Waals surface area (Å²) in [6.45, 7) is 2.05. The highest BCUT2D eigenvalue weighted by Gasteiger charge is 2.14. The van der Waals surface area contributed by atoms with Crippen LogP contribution in [-0.4, -0.2) is 12.1 Å². The van der Waals surface area contributed by atoms with Crippen molar-refractivity contribution in [1.29, 1.82) is 0 Å². The number of rotatable bonds is 4. The van der Waals surface area contributed by atoms with E-state index >= 15 is 0 Å². The molecule has 0 bridgehead atoms. The fraction of sp³-hybridized carbons (Fsp3) is 0.267. The molecule has 0 radical (unpaired) electrons. The molecule has 4 heteroatoms. The zero-order valence-corrected chi connectivity index (χ0v) is 12.6. The Morgan fingerprint density at radius 1 is 1.37 bits per heavy atom. The van der Waals surface area contributed by atoms with E-state index in [1.807, 2.05) is 37.3 Å². The van der Waals surface area contributed by atoms with Gasteiger partial charge in [0.2, 0.25) is 0 Å². The molecule has 19 heavy (non-hydrogen) atoms. The van der Waals surface area contributed by atoms with Crippen LogP contribution < -0.4 is 10.5 Å². The second-order valence-corrected chi connectivity index (χ2v) is 5.38. The minimum atomic E-state index is -0.128. The highest BCUT2D eigenvalue weighted by molar-refractivity contribution is 9.10. The number of aromatic nitrogens is 1. The van der Waals surface area contributed by atoms with Crippen molar-refractivity contribution in [2.24, 2.45) is 5.73 Å². The highest BCUT2D eigenvalue weighted by Crippen LogP contribution is 2.29. The maximum atomic E-state index is 6.29. The first-order valence-corrected chi connectivity index (χ1v) is 6.90. The zero-order valence-electron chi connectivity index (χ0n) is 11.1. The second kappa shape index (κ2) is 6.17. The Morgan fingerprint density at radius 3 is 2.84 bits per heavy atom. The molecule has 2 N–H and O–H groups in total. The van der Waals surface area contributed by atoms with Gasteiger partial charge in [-0.05, 0) is 30.7 Å². The lowest BCUT2D eigenvalue weighted by molar-refractivity contribution is 0.405. The van der Waals surface area contributed by atoms with Crippen LogP contribution in [0.1, 0.15) is 22.9 Å². The summed E-state index contributed by atoms with van der Waals surface area (Å²) in [5, 5.41) is 0. The highest BCUT2D eigenvalue weighted by atomic mass is 79.9. The van der Waals surface area contributed by atoms with Crippen LogP contribution in [0.3, 0.4) is 0 Å². The van der Waals surface area contributed by atoms with E-state index in [2.05, 4.69) is 20.9 Å². The molecule has 3 nitrogen and oxygen atoms in total. The molecule has 1 heterocycles. The van der Waals surface area contributed by atoms with Gasteiger partial charge in [-0.3, -0.25) is 4.98 Å². The zero-order chi connectivity index (χ0) is 13.8. The van der Waals surface area contributed by atoms with Crippen LogP contribution >= 0.6 is 15.9 Å². The van der Waals surface area contributed by atoms with E-state index in [-0.39, 0.29) is 6.04 Å². The van der Waals surface area contributed by atoms with E-state index in [1.54, 1.807) is 13.3 Å². The molecule has 0 amide bonds. The number of halogens is 1. The number of hydrogen-bond acceptors (Lipinski definition) is 3. The van der Waals surface area contributed by atoms with Crippen molar-refractivity contribution in [1.82, 2.24) is 4.98 Å². The smallest absolute Gasteiger partial charge is 0.124 e. The van der Waals surface area contributed by atoms with Crippen molar-refractivity contribution in [3.05, 3.63) is 57.8 Å². The lowest BCUT2D eigenvalue weighted by Crippen LogP contribution is -2.15. The third kappa shape index (κ3) is 3.33. The number of nitrogens with two attached hydrogens (primary N) is 1. The number of aryl methyl sites for hydroxylation is 1. The first kappa shape index (κ1) is 14.0. The Morgan fingerprint density at radius 2 is 2.16 bits per heavy atom. The molecule has 1 atom stereocenters. The van der Waals surface area contributed by atoms with Crippen LogP contribution in [0.5, 0.6) is 5.75 Å². The minimum Gasteiger partial charge on any atom is -0.496 e. The molecular formula is C15H17BrN2O. The van der Waals surface area contributed by atoms with Gasteiger partial charge in [0.15, 0.2) is 0 Å². The molecule has 1 aromatic heterocycles. The number of pyridine rings is 1. The van der Waals surface area contributed by atoms with Crippen LogP contribution in [0.4, 0.5) is 0 Å². The van der Waals surface area contributed by atoms with Gasteiger partial charge in [-0.25, -0.2) is 0 Å². The van der Waals surface area contributed by atoms with Crippen LogP contribution in [0.15, 0.2) is 41.0 Å². The fourth-order valence-electron chi connectivity index (χ4n) is 2.04. The molecule has 0 aliphatic rings. The number of nitrogens with zero attached hydrogens (tertiary/aromatic N) is 1. The Bertz CT molecular complexity index is 572. The van der Waals surface area contributed by atoms with Gasteiger partial charge in [0.25, 0.3) is 0 Å². The quantitative estimate of drug-likeness (QED) is 0.939. The molecule has 0 saturated carbocycles. The average molecular weight is 321 g/mol. The molecule has 2 rings (SSSR count). The van der Waals surface area contributed by atoms with E-state index in [0.717, 1.165) is 27.0 Å². The summed E-state index contributed by atoms with van der Waals surface area (Å²) in [5.41, 5.74) is 9.47. The summed E-state index contributed by atoms with van der Waals surface area (Å²) in [5.74, 6) is 0.801. The Balaban J connectivity index is 2.25. The summed E-state index contributed by atoms with van der Waals surface area (Å²) in [6.07, 6.45) is 2.50. The molecule has 1 aromatic carbocycles. The van der Waals surface area contributed by atoms with E-state index in [1.165, 1.54) is 0 Å². The summed E-state index contributed by atoms with van der Waals surface area (Å²) >= 11 is 3.43. The number of benzene rings is 1. The SMILES string of the molecule is COc1cc(Br)ccc1C(N)Cc1ncccc1C. The summed E-state index contributed by atoms with van der Waals surface area (Å²) in [7, 11) is 1.66. The van der Waals surface area contributed by atoms with Crippen LogP contribution in [0.2, 0.25) is 0 Å². The first-order valence-electron chi connectivity index (χ1n) is 6.11. The third-order valence-corrected chi connectivity index (χ3v) is 3.62. The van der Waals surface area contributed by atoms with Gasteiger partial charge in [0, 0.05) is 34.4 Å². The maximum Gasteiger partial charge on any atom is 0.124 e. The summed E-state index contributed by atoms with van der Waals surface area (Å²) in [4.78, 5) is 4.39. The minimum absolute atomic E-state index is 0.128. The van der Waals surface area contributed by atoms with Crippen molar-refractivity contribution in [2.45, 2.75) is 19.4 Å². The van der Waals surface area contributed by atoms with E-state index in [0.29, 0.717) is 6.42 Å². The fourth-order valence-corrected chi connectivity index (χ4v) is 2.38. The van der Waals surface area contributed by atoms with E-state index in [4.69, 9.17) is 10.5 Å². The molecule has 0 spiro atoms. The Kier molecular flexibility index (Phi) is 4.56. The monoisotopic (exact) mass is 320 g/mol. The van der Waals surface area contributed by atoms with Crippen molar-refractivity contribution in [2.75, 3.05) is 7.11 Å². The van der Waals surface area contributed by atoms with Gasteiger partial charge in [0.05, 0.1) is 7.11 Å². The largest absolute Gasteiger partial charge is 0.496 e. The first-order chi connectivity index (χ1) is 9.11. The van der Waals surface area contributed by atoms with Gasteiger partial charge in [-0.2, -0.15) is 0 Å². The molecule has 2 aromatic rings. The molecule has 0 fully saturated rings. The van der Waals surface area contributed by atoms with E-state index in [9.17, 15) is 0 Å². The lowest BCUT2D eigenvalue weighted by atomic mass is 10.00. The standard InChI is InChI=1S/C15H17BrN2O/c1-10-4-3-7-18-14(10)9-13(17)12-6-5-11(16)8-15(12)19-2/h3-8,13H,9,17H2,1-2H3. The molecule has 0 saturated heterocycles. The molecule has 0 aliphatic heterocycles. The molecule has 100 valence electrons. The molecular weight excluding hydrogens is 304 g/mol. The third-order valence-electron chi connectivity index (χ3n) is 3.13. The summed E-state index contributed by atoms with van der Waals surface area (Å²) in [6, 6.07) is 9.75. The topological polar surface area (TPSA) is 48.1 Å². The molecule has 1 unspecified atom stereocenters. The van der Waals surface area contributed by atoms with E-state index < -0.39 is 0 Å². The lowest BCUT2D eigenvalue weighted by Gasteiger charge is -2.16. The van der Waals surface area contributed by atoms with Gasteiger partial charge >= 0.3 is 0 Å². The molecule has 0 aliphatic carbocycles. The van der Waals surface area contributed by atoms with Crippen molar-refractivity contribution in [3.63, 3.8) is 0 Å². The second-order valence-electron chi connectivity index (χ2n) is 4.46. The van der Waals surface area contributed by atoms with Crippen LogP contribution in [0.25, 0.3) is 0 Å². The number of hydrogen-bond donors (Lipinski definition) is 1. The van der Waals surface area contributed by atoms with Gasteiger partial charge in [-0.1, -0.05) is 28.1 Å². The predicted molar refractivity (Wildman–Crippen MR) is 80.3 cm³/mol. The van der Waals surface area contributed by atoms with Gasteiger partial charge in [-0.15, -0.1) is 0 Å². The van der Waals surface area contributed by atoms with Gasteiger partial charge in [0.1, 0.15) is 5.75 Å². The average Bonchev–Trinajstić information content (AvgIpc) is 2.41. The maximum absolute atomic E-state index is 6.29. The van der Waals surface area contributed by atoms with Gasteiger partial charge < -0.3 is 10.5 Å². The summed E-state index contributed by atoms with van der Waals surface area (Å²) < 4.78 is 6.37. The normalized spacial score (nSPS) is 12.2. The van der Waals surface area contributed by atoms with Crippen LogP contribution in [0, 0.1) is 6.92 Å². The van der Waals surface area contributed by atoms with Crippen molar-refractivity contribution >= 4 is 15.9 Å². The Hall–Kier alpha value is -1.39. The van der Waals surface area contributed by atoms with Crippen LogP contribution in [-0.2, 0) is 6.42 Å². The Labute approximate surface area is 121 Å². The van der Waals surface area contributed by atoms with Crippen molar-refractivity contribution in [3.8, 4) is 5.75 Å². The van der Waals surface area contributed by atoms with Crippen molar-refractivity contribution < 1.29 is 4.74 Å². The number of ether oxygens (including phenoxy) is 1. The number of methoxy groups -OCH3 is 1. The predicted octanol–water partition coefficient (Wildman–Crippen LogP) is 3.40.